The van der Waals surface area contributed by atoms with Crippen LogP contribution in [0.25, 0.3) is 0 Å². The van der Waals surface area contributed by atoms with Crippen LogP contribution in [0.5, 0.6) is 5.75 Å². The van der Waals surface area contributed by atoms with E-state index in [-0.39, 0.29) is 30.9 Å². The second kappa shape index (κ2) is 6.95. The third-order valence-corrected chi connectivity index (χ3v) is 2.03. The molecule has 0 heterocycles. The molecule has 0 N–H and O–H groups in total. The second-order valence-corrected chi connectivity index (χ2v) is 3.62. The number of rotatable bonds is 6. The number of hydrogen-bond acceptors (Lipinski definition) is 3. The average molecular weight is 277 g/mol. The molecule has 1 aromatic rings. The number of alkyl halides is 3. The topological polar surface area (TPSA) is 42.2 Å². The van der Waals surface area contributed by atoms with E-state index in [9.17, 15) is 17.6 Å². The highest BCUT2D eigenvalue weighted by Crippen LogP contribution is 2.16. The van der Waals surface area contributed by atoms with Gasteiger partial charge < -0.3 is 9.47 Å². The molecule has 0 aliphatic heterocycles. The molecule has 19 heavy (non-hydrogen) atoms. The molecule has 0 atom stereocenters. The van der Waals surface area contributed by atoms with Crippen LogP contribution in [0, 0.1) is 17.1 Å². The summed E-state index contributed by atoms with van der Waals surface area (Å²) in [5, 5.41) is 8.51. The van der Waals surface area contributed by atoms with E-state index in [0.717, 1.165) is 6.07 Å². The molecule has 0 spiro atoms. The lowest BCUT2D eigenvalue weighted by molar-refractivity contribution is -0.174. The van der Waals surface area contributed by atoms with Crippen LogP contribution in [0.15, 0.2) is 18.2 Å². The van der Waals surface area contributed by atoms with E-state index in [1.165, 1.54) is 12.1 Å². The number of halogens is 4. The average Bonchev–Trinajstić information content (AvgIpc) is 2.32. The Labute approximate surface area is 107 Å². The summed E-state index contributed by atoms with van der Waals surface area (Å²) in [7, 11) is 0. The number of benzene rings is 1. The second-order valence-electron chi connectivity index (χ2n) is 3.62. The lowest BCUT2D eigenvalue weighted by Gasteiger charge is -2.08. The van der Waals surface area contributed by atoms with Crippen molar-refractivity contribution >= 4 is 0 Å². The third-order valence-electron chi connectivity index (χ3n) is 2.03. The molecular weight excluding hydrogens is 266 g/mol. The normalized spacial score (nSPS) is 11.1. The van der Waals surface area contributed by atoms with Gasteiger partial charge >= 0.3 is 6.18 Å². The van der Waals surface area contributed by atoms with Crippen molar-refractivity contribution in [2.24, 2.45) is 0 Å². The number of nitrogens with zero attached hydrogens (tertiary/aromatic N) is 1. The summed E-state index contributed by atoms with van der Waals surface area (Å²) in [6.45, 7) is -1.29. The smallest absolute Gasteiger partial charge is 0.411 e. The lowest BCUT2D eigenvalue weighted by Crippen LogP contribution is -2.18. The van der Waals surface area contributed by atoms with Gasteiger partial charge in [0.2, 0.25) is 0 Å². The van der Waals surface area contributed by atoms with Crippen LogP contribution in [0.4, 0.5) is 17.6 Å². The zero-order valence-corrected chi connectivity index (χ0v) is 9.84. The van der Waals surface area contributed by atoms with E-state index in [2.05, 4.69) is 4.74 Å². The standard InChI is InChI=1S/C12H11F4NO2/c13-11-6-10(3-2-9(11)7-17)19-5-1-4-18-8-12(14,15)16/h2-3,6H,1,4-5,8H2. The van der Waals surface area contributed by atoms with Gasteiger partial charge in [0.25, 0.3) is 0 Å². The van der Waals surface area contributed by atoms with Gasteiger partial charge in [-0.2, -0.15) is 18.4 Å². The van der Waals surface area contributed by atoms with E-state index >= 15 is 0 Å². The van der Waals surface area contributed by atoms with Crippen molar-refractivity contribution in [1.82, 2.24) is 0 Å². The Kier molecular flexibility index (Phi) is 5.57. The zero-order chi connectivity index (χ0) is 14.3. The molecule has 0 aliphatic carbocycles. The molecular formula is C12H11F4NO2. The molecule has 0 unspecified atom stereocenters. The van der Waals surface area contributed by atoms with E-state index in [0.29, 0.717) is 0 Å². The molecule has 0 saturated heterocycles. The van der Waals surface area contributed by atoms with Crippen molar-refractivity contribution in [1.29, 1.82) is 5.26 Å². The first-order valence-electron chi connectivity index (χ1n) is 5.39. The molecule has 104 valence electrons. The first-order valence-corrected chi connectivity index (χ1v) is 5.39. The highest BCUT2D eigenvalue weighted by molar-refractivity contribution is 5.36. The number of hydrogen-bond donors (Lipinski definition) is 0. The highest BCUT2D eigenvalue weighted by Gasteiger charge is 2.27. The van der Waals surface area contributed by atoms with E-state index in [4.69, 9.17) is 10.00 Å². The molecule has 0 radical (unpaired) electrons. The van der Waals surface area contributed by atoms with Crippen LogP contribution in [-0.4, -0.2) is 26.0 Å². The molecule has 3 nitrogen and oxygen atoms in total. The maximum Gasteiger partial charge on any atom is 0.411 e. The minimum absolute atomic E-state index is 0.0964. The number of ether oxygens (including phenoxy) is 2. The van der Waals surface area contributed by atoms with Gasteiger partial charge in [0, 0.05) is 12.5 Å². The maximum absolute atomic E-state index is 13.2. The molecule has 0 aromatic heterocycles. The zero-order valence-electron chi connectivity index (χ0n) is 9.84. The Balaban J connectivity index is 2.23. The summed E-state index contributed by atoms with van der Waals surface area (Å²) in [5.41, 5.74) is -0.0964. The van der Waals surface area contributed by atoms with Gasteiger partial charge in [0.1, 0.15) is 24.2 Å². The number of nitriles is 1. The van der Waals surface area contributed by atoms with Crippen LogP contribution in [0.3, 0.4) is 0 Å². The first-order chi connectivity index (χ1) is 8.92. The van der Waals surface area contributed by atoms with Crippen molar-refractivity contribution < 1.29 is 27.0 Å². The quantitative estimate of drug-likeness (QED) is 0.593. The first kappa shape index (κ1) is 15.2. The lowest BCUT2D eigenvalue weighted by atomic mass is 10.2. The fourth-order valence-corrected chi connectivity index (χ4v) is 1.22. The van der Waals surface area contributed by atoms with Gasteiger partial charge in [-0.05, 0) is 12.1 Å². The van der Waals surface area contributed by atoms with E-state index in [1.807, 2.05) is 0 Å². The van der Waals surface area contributed by atoms with Gasteiger partial charge in [-0.15, -0.1) is 0 Å². The summed E-state index contributed by atoms with van der Waals surface area (Å²) in [5.74, 6) is -0.486. The predicted molar refractivity (Wildman–Crippen MR) is 58.1 cm³/mol. The van der Waals surface area contributed by atoms with Crippen molar-refractivity contribution in [2.75, 3.05) is 19.8 Å². The third kappa shape index (κ3) is 6.06. The van der Waals surface area contributed by atoms with Crippen LogP contribution in [0.1, 0.15) is 12.0 Å². The molecule has 0 bridgehead atoms. The van der Waals surface area contributed by atoms with Gasteiger partial charge in [-0.3, -0.25) is 0 Å². The molecule has 1 aromatic carbocycles. The maximum atomic E-state index is 13.2. The summed E-state index contributed by atoms with van der Waals surface area (Å²) in [4.78, 5) is 0. The Bertz CT molecular complexity index is 454. The molecule has 1 rings (SSSR count). The molecule has 0 fully saturated rings. The van der Waals surface area contributed by atoms with Crippen molar-refractivity contribution in [3.05, 3.63) is 29.6 Å². The Morgan fingerprint density at radius 1 is 1.21 bits per heavy atom. The molecule has 0 aliphatic rings. The summed E-state index contributed by atoms with van der Waals surface area (Å²) in [6.07, 6.45) is -4.09. The van der Waals surface area contributed by atoms with Gasteiger partial charge in [0.15, 0.2) is 0 Å². The summed E-state index contributed by atoms with van der Waals surface area (Å²) in [6, 6.07) is 5.40. The minimum atomic E-state index is -4.34. The fraction of sp³-hybridized carbons (Fsp3) is 0.417. The monoisotopic (exact) mass is 277 g/mol. The van der Waals surface area contributed by atoms with Crippen LogP contribution >= 0.6 is 0 Å². The Morgan fingerprint density at radius 2 is 1.95 bits per heavy atom. The van der Waals surface area contributed by atoms with Crippen LogP contribution < -0.4 is 4.74 Å². The highest BCUT2D eigenvalue weighted by atomic mass is 19.4. The molecule has 7 heteroatoms. The van der Waals surface area contributed by atoms with Crippen LogP contribution in [-0.2, 0) is 4.74 Å². The minimum Gasteiger partial charge on any atom is -0.493 e. The molecule has 0 saturated carbocycles. The largest absolute Gasteiger partial charge is 0.493 e. The Morgan fingerprint density at radius 3 is 2.53 bits per heavy atom. The Hall–Kier alpha value is -1.81. The van der Waals surface area contributed by atoms with Crippen molar-refractivity contribution in [3.63, 3.8) is 0 Å². The fourth-order valence-electron chi connectivity index (χ4n) is 1.22. The summed E-state index contributed by atoms with van der Waals surface area (Å²) >= 11 is 0. The van der Waals surface area contributed by atoms with Crippen LogP contribution in [0.2, 0.25) is 0 Å². The van der Waals surface area contributed by atoms with Gasteiger partial charge in [-0.25, -0.2) is 4.39 Å². The molecule has 0 amide bonds. The van der Waals surface area contributed by atoms with E-state index < -0.39 is 18.6 Å². The summed E-state index contributed by atoms with van der Waals surface area (Å²) < 4.78 is 57.8. The van der Waals surface area contributed by atoms with Crippen molar-refractivity contribution in [2.45, 2.75) is 12.6 Å². The predicted octanol–water partition coefficient (Wildman–Crippen LogP) is 3.05. The SMILES string of the molecule is N#Cc1ccc(OCCCOCC(F)(F)F)cc1F. The van der Waals surface area contributed by atoms with Gasteiger partial charge in [0.05, 0.1) is 18.8 Å². The van der Waals surface area contributed by atoms with Gasteiger partial charge in [-0.1, -0.05) is 0 Å². The van der Waals surface area contributed by atoms with Crippen molar-refractivity contribution in [3.8, 4) is 11.8 Å². The van der Waals surface area contributed by atoms with E-state index in [1.54, 1.807) is 6.07 Å².